The lowest BCUT2D eigenvalue weighted by Crippen LogP contribution is -2.52. The van der Waals surface area contributed by atoms with Crippen LogP contribution in [0.25, 0.3) is 0 Å². The molecule has 0 spiro atoms. The average molecular weight is 494 g/mol. The van der Waals surface area contributed by atoms with E-state index in [9.17, 15) is 18.0 Å². The van der Waals surface area contributed by atoms with Gasteiger partial charge in [0.1, 0.15) is 12.6 Å². The normalized spacial score (nSPS) is 12.4. The first-order valence-electron chi connectivity index (χ1n) is 10.7. The molecular weight excluding hydrogens is 462 g/mol. The average Bonchev–Trinajstić information content (AvgIpc) is 2.70. The molecule has 0 saturated carbocycles. The van der Waals surface area contributed by atoms with Crippen molar-refractivity contribution < 1.29 is 18.0 Å². The van der Waals surface area contributed by atoms with Gasteiger partial charge in [0.2, 0.25) is 21.8 Å². The first-order chi connectivity index (χ1) is 15.3. The second kappa shape index (κ2) is 11.0. The minimum Gasteiger partial charge on any atom is -0.352 e. The van der Waals surface area contributed by atoms with E-state index in [1.165, 1.54) is 11.0 Å². The summed E-state index contributed by atoms with van der Waals surface area (Å²) >= 11 is 6.20. The number of nitrogens with one attached hydrogen (secondary N) is 1. The number of sulfonamides is 1. The maximum atomic E-state index is 13.5. The molecule has 9 heteroatoms. The molecule has 0 radical (unpaired) electrons. The minimum atomic E-state index is -3.79. The summed E-state index contributed by atoms with van der Waals surface area (Å²) in [7, 11) is -3.79. The number of anilines is 1. The van der Waals surface area contributed by atoms with Crippen molar-refractivity contribution in [2.24, 2.45) is 0 Å². The summed E-state index contributed by atoms with van der Waals surface area (Å²) < 4.78 is 26.2. The molecule has 7 nitrogen and oxygen atoms in total. The second-order valence-corrected chi connectivity index (χ2v) is 10.9. The van der Waals surface area contributed by atoms with Crippen molar-refractivity contribution in [3.05, 3.63) is 64.2 Å². The third-order valence-electron chi connectivity index (χ3n) is 5.16. The Balaban J connectivity index is 2.41. The van der Waals surface area contributed by atoms with Crippen LogP contribution in [0.3, 0.4) is 0 Å². The molecule has 0 aromatic heterocycles. The van der Waals surface area contributed by atoms with E-state index in [1.807, 2.05) is 45.0 Å². The van der Waals surface area contributed by atoms with E-state index in [0.29, 0.717) is 5.02 Å². The molecule has 1 atom stereocenters. The van der Waals surface area contributed by atoms with Crippen molar-refractivity contribution in [2.45, 2.75) is 53.2 Å². The first kappa shape index (κ1) is 26.7. The Bertz CT molecular complexity index is 1120. The smallest absolute Gasteiger partial charge is 0.244 e. The number of hydrogen-bond acceptors (Lipinski definition) is 4. The summed E-state index contributed by atoms with van der Waals surface area (Å²) in [5.41, 5.74) is 2.94. The number of nitrogens with zero attached hydrogens (tertiary/aromatic N) is 2. The summed E-state index contributed by atoms with van der Waals surface area (Å²) in [6.07, 6.45) is 1.04. The number of carbonyl (C=O) groups excluding carboxylic acids is 2. The molecule has 180 valence electrons. The van der Waals surface area contributed by atoms with E-state index in [1.54, 1.807) is 26.0 Å². The topological polar surface area (TPSA) is 86.8 Å². The predicted molar refractivity (Wildman–Crippen MR) is 133 cm³/mol. The number of aryl methyl sites for hydroxylation is 2. The van der Waals surface area contributed by atoms with Gasteiger partial charge in [-0.2, -0.15) is 0 Å². The quantitative estimate of drug-likeness (QED) is 0.577. The van der Waals surface area contributed by atoms with Crippen LogP contribution in [-0.4, -0.2) is 50.0 Å². The zero-order valence-electron chi connectivity index (χ0n) is 19.9. The molecule has 2 amide bonds. The SMILES string of the molecule is Cc1cccc(CN(C(=O)CN(c2ccc(C)c(Cl)c2)S(C)(=O)=O)C(C)C(=O)NC(C)C)c1. The van der Waals surface area contributed by atoms with Crippen molar-refractivity contribution in [1.29, 1.82) is 0 Å². The molecule has 0 aliphatic rings. The van der Waals surface area contributed by atoms with Crippen LogP contribution in [0.4, 0.5) is 5.69 Å². The lowest BCUT2D eigenvalue weighted by atomic mass is 10.1. The summed E-state index contributed by atoms with van der Waals surface area (Å²) in [6.45, 7) is 8.77. The number of benzene rings is 2. The van der Waals surface area contributed by atoms with Crippen molar-refractivity contribution in [3.8, 4) is 0 Å². The molecule has 0 heterocycles. The van der Waals surface area contributed by atoms with E-state index in [0.717, 1.165) is 27.3 Å². The van der Waals surface area contributed by atoms with Crippen molar-refractivity contribution in [3.63, 3.8) is 0 Å². The van der Waals surface area contributed by atoms with E-state index in [2.05, 4.69) is 5.32 Å². The highest BCUT2D eigenvalue weighted by Gasteiger charge is 2.30. The van der Waals surface area contributed by atoms with Gasteiger partial charge in [-0.1, -0.05) is 47.5 Å². The Morgan fingerprint density at radius 1 is 1.06 bits per heavy atom. The Kier molecular flexibility index (Phi) is 8.91. The molecule has 2 rings (SSSR count). The summed E-state index contributed by atoms with van der Waals surface area (Å²) in [6, 6.07) is 11.5. The Hall–Kier alpha value is -2.58. The number of rotatable bonds is 9. The summed E-state index contributed by atoms with van der Waals surface area (Å²) in [4.78, 5) is 27.6. The van der Waals surface area contributed by atoms with Crippen LogP contribution in [0.2, 0.25) is 5.02 Å². The van der Waals surface area contributed by atoms with Gasteiger partial charge in [-0.05, 0) is 57.9 Å². The van der Waals surface area contributed by atoms with Gasteiger partial charge in [0.25, 0.3) is 0 Å². The van der Waals surface area contributed by atoms with E-state index < -0.39 is 28.5 Å². The van der Waals surface area contributed by atoms with Crippen LogP contribution in [0.5, 0.6) is 0 Å². The van der Waals surface area contributed by atoms with Gasteiger partial charge >= 0.3 is 0 Å². The van der Waals surface area contributed by atoms with Gasteiger partial charge in [-0.25, -0.2) is 8.42 Å². The van der Waals surface area contributed by atoms with Gasteiger partial charge in [-0.3, -0.25) is 13.9 Å². The van der Waals surface area contributed by atoms with Crippen molar-refractivity contribution in [1.82, 2.24) is 10.2 Å². The Labute approximate surface area is 201 Å². The number of halogens is 1. The Morgan fingerprint density at radius 3 is 2.27 bits per heavy atom. The predicted octanol–water partition coefficient (Wildman–Crippen LogP) is 3.66. The van der Waals surface area contributed by atoms with Crippen LogP contribution in [0.1, 0.15) is 37.5 Å². The maximum Gasteiger partial charge on any atom is 0.244 e. The molecule has 0 bridgehead atoms. The zero-order valence-corrected chi connectivity index (χ0v) is 21.5. The number of carbonyl (C=O) groups is 2. The maximum absolute atomic E-state index is 13.5. The zero-order chi connectivity index (χ0) is 24.9. The fourth-order valence-corrected chi connectivity index (χ4v) is 4.36. The molecule has 0 aliphatic carbocycles. The van der Waals surface area contributed by atoms with Gasteiger partial charge in [-0.15, -0.1) is 0 Å². The van der Waals surface area contributed by atoms with Gasteiger partial charge < -0.3 is 10.2 Å². The molecule has 33 heavy (non-hydrogen) atoms. The lowest BCUT2D eigenvalue weighted by Gasteiger charge is -2.32. The molecule has 1 N–H and O–H groups in total. The standard InChI is InChI=1S/C24H32ClN3O4S/c1-16(2)26-24(30)19(5)27(14-20-9-7-8-17(3)12-20)23(29)15-28(33(6,31)32)21-11-10-18(4)22(25)13-21/h7-13,16,19H,14-15H2,1-6H3,(H,26,30). The summed E-state index contributed by atoms with van der Waals surface area (Å²) in [5.74, 6) is -0.805. The number of amides is 2. The summed E-state index contributed by atoms with van der Waals surface area (Å²) in [5, 5.41) is 3.22. The largest absolute Gasteiger partial charge is 0.352 e. The van der Waals surface area contributed by atoms with Crippen LogP contribution < -0.4 is 9.62 Å². The second-order valence-electron chi connectivity index (χ2n) is 8.55. The van der Waals surface area contributed by atoms with Crippen molar-refractivity contribution in [2.75, 3.05) is 17.1 Å². The fraction of sp³-hybridized carbons (Fsp3) is 0.417. The van der Waals surface area contributed by atoms with E-state index in [-0.39, 0.29) is 24.2 Å². The van der Waals surface area contributed by atoms with Gasteiger partial charge in [0.15, 0.2) is 0 Å². The van der Waals surface area contributed by atoms with Crippen LogP contribution in [0.15, 0.2) is 42.5 Å². The molecule has 0 fully saturated rings. The fourth-order valence-electron chi connectivity index (χ4n) is 3.35. The lowest BCUT2D eigenvalue weighted by molar-refractivity contribution is -0.139. The van der Waals surface area contributed by atoms with E-state index in [4.69, 9.17) is 11.6 Å². The van der Waals surface area contributed by atoms with Crippen LogP contribution in [-0.2, 0) is 26.2 Å². The molecule has 2 aromatic rings. The van der Waals surface area contributed by atoms with Crippen LogP contribution in [0, 0.1) is 13.8 Å². The van der Waals surface area contributed by atoms with Gasteiger partial charge in [0, 0.05) is 17.6 Å². The van der Waals surface area contributed by atoms with Crippen molar-refractivity contribution >= 4 is 39.1 Å². The highest BCUT2D eigenvalue weighted by Crippen LogP contribution is 2.25. The third-order valence-corrected chi connectivity index (χ3v) is 6.70. The molecule has 0 aliphatic heterocycles. The molecule has 2 aromatic carbocycles. The number of hydrogen-bond donors (Lipinski definition) is 1. The highest BCUT2D eigenvalue weighted by atomic mass is 35.5. The first-order valence-corrected chi connectivity index (χ1v) is 12.9. The van der Waals surface area contributed by atoms with E-state index >= 15 is 0 Å². The molecule has 0 saturated heterocycles. The highest BCUT2D eigenvalue weighted by molar-refractivity contribution is 7.92. The molecule has 1 unspecified atom stereocenters. The van der Waals surface area contributed by atoms with Crippen LogP contribution >= 0.6 is 11.6 Å². The molecular formula is C24H32ClN3O4S. The third kappa shape index (κ3) is 7.47. The Morgan fingerprint density at radius 2 is 1.73 bits per heavy atom. The van der Waals surface area contributed by atoms with Gasteiger partial charge in [0.05, 0.1) is 11.9 Å². The monoisotopic (exact) mass is 493 g/mol. The minimum absolute atomic E-state index is 0.0990.